The third kappa shape index (κ3) is 2.50. The van der Waals surface area contributed by atoms with Crippen LogP contribution in [0.15, 0.2) is 24.3 Å². The summed E-state index contributed by atoms with van der Waals surface area (Å²) in [4.78, 5) is 0. The van der Waals surface area contributed by atoms with E-state index in [1.165, 1.54) is 16.8 Å². The molecule has 1 aromatic heterocycles. The number of nitrogens with zero attached hydrogens (tertiary/aromatic N) is 2. The third-order valence-electron chi connectivity index (χ3n) is 2.54. The van der Waals surface area contributed by atoms with Crippen LogP contribution in [0.1, 0.15) is 19.5 Å². The lowest BCUT2D eigenvalue weighted by Crippen LogP contribution is -2.05. The number of anilines is 1. The van der Waals surface area contributed by atoms with Gasteiger partial charge in [0.05, 0.1) is 5.69 Å². The molecule has 2 N–H and O–H groups in total. The minimum absolute atomic E-state index is 0.156. The van der Waals surface area contributed by atoms with Crippen LogP contribution in [0.5, 0.6) is 0 Å². The Bertz CT molecular complexity index is 561. The lowest BCUT2D eigenvalue weighted by atomic mass is 10.1. The summed E-state index contributed by atoms with van der Waals surface area (Å²) in [6.07, 6.45) is 0.764. The summed E-state index contributed by atoms with van der Waals surface area (Å²) in [6.45, 7) is 4.13. The summed E-state index contributed by atoms with van der Waals surface area (Å²) < 4.78 is 27.8. The molecule has 1 heterocycles. The Kier molecular flexibility index (Phi) is 3.32. The summed E-state index contributed by atoms with van der Waals surface area (Å²) in [5.74, 6) is -0.521. The van der Waals surface area contributed by atoms with Crippen molar-refractivity contribution in [2.45, 2.75) is 20.3 Å². The van der Waals surface area contributed by atoms with Crippen molar-refractivity contribution in [3.63, 3.8) is 0 Å². The van der Waals surface area contributed by atoms with Crippen LogP contribution < -0.4 is 5.73 Å². The second-order valence-corrected chi connectivity index (χ2v) is 4.67. The van der Waals surface area contributed by atoms with Crippen LogP contribution >= 0.6 is 0 Å². The molecule has 0 saturated heterocycles. The van der Waals surface area contributed by atoms with Crippen LogP contribution in [-0.2, 0) is 6.42 Å². The van der Waals surface area contributed by atoms with E-state index in [4.69, 9.17) is 5.73 Å². The van der Waals surface area contributed by atoms with Gasteiger partial charge in [0.25, 0.3) is 0 Å². The van der Waals surface area contributed by atoms with E-state index in [9.17, 15) is 8.78 Å². The summed E-state index contributed by atoms with van der Waals surface area (Å²) in [6, 6.07) is 5.04. The van der Waals surface area contributed by atoms with E-state index in [0.717, 1.165) is 18.2 Å². The quantitative estimate of drug-likeness (QED) is 0.911. The summed E-state index contributed by atoms with van der Waals surface area (Å²) in [5.41, 5.74) is 6.75. The SMILES string of the molecule is CC(C)Cc1cc(N)n(-c2ccc(F)cc2F)n1. The minimum atomic E-state index is -0.680. The van der Waals surface area contributed by atoms with Gasteiger partial charge in [-0.3, -0.25) is 0 Å². The molecular formula is C13H15F2N3. The third-order valence-corrected chi connectivity index (χ3v) is 2.54. The highest BCUT2D eigenvalue weighted by atomic mass is 19.1. The molecule has 3 nitrogen and oxygen atoms in total. The zero-order chi connectivity index (χ0) is 13.3. The maximum absolute atomic E-state index is 13.6. The number of benzene rings is 1. The van der Waals surface area contributed by atoms with Crippen molar-refractivity contribution in [2.24, 2.45) is 5.92 Å². The molecule has 0 unspecified atom stereocenters. The first kappa shape index (κ1) is 12.5. The van der Waals surface area contributed by atoms with E-state index >= 15 is 0 Å². The predicted molar refractivity (Wildman–Crippen MR) is 66.4 cm³/mol. The van der Waals surface area contributed by atoms with Crippen molar-refractivity contribution < 1.29 is 8.78 Å². The van der Waals surface area contributed by atoms with Gasteiger partial charge in [-0.25, -0.2) is 13.5 Å². The highest BCUT2D eigenvalue weighted by molar-refractivity contribution is 5.43. The number of halogens is 2. The van der Waals surface area contributed by atoms with Gasteiger partial charge in [0.1, 0.15) is 17.3 Å². The van der Waals surface area contributed by atoms with Crippen LogP contribution in [0, 0.1) is 17.6 Å². The first-order valence-corrected chi connectivity index (χ1v) is 5.77. The van der Waals surface area contributed by atoms with Crippen molar-refractivity contribution in [3.8, 4) is 5.69 Å². The largest absolute Gasteiger partial charge is 0.384 e. The molecule has 0 fully saturated rings. The number of rotatable bonds is 3. The molecule has 18 heavy (non-hydrogen) atoms. The van der Waals surface area contributed by atoms with Crippen LogP contribution in [0.4, 0.5) is 14.6 Å². The number of hydrogen-bond donors (Lipinski definition) is 1. The van der Waals surface area contributed by atoms with Crippen LogP contribution in [0.2, 0.25) is 0 Å². The highest BCUT2D eigenvalue weighted by Gasteiger charge is 2.12. The molecule has 0 spiro atoms. The maximum atomic E-state index is 13.6. The molecule has 0 saturated carbocycles. The topological polar surface area (TPSA) is 43.8 Å². The molecule has 0 aliphatic heterocycles. The molecule has 2 rings (SSSR count). The zero-order valence-corrected chi connectivity index (χ0v) is 10.3. The van der Waals surface area contributed by atoms with Gasteiger partial charge < -0.3 is 5.73 Å². The molecule has 2 aromatic rings. The maximum Gasteiger partial charge on any atom is 0.151 e. The van der Waals surface area contributed by atoms with Gasteiger partial charge in [-0.05, 0) is 24.5 Å². The van der Waals surface area contributed by atoms with Gasteiger partial charge in [0.2, 0.25) is 0 Å². The lowest BCUT2D eigenvalue weighted by molar-refractivity contribution is 0.572. The van der Waals surface area contributed by atoms with Crippen LogP contribution in [-0.4, -0.2) is 9.78 Å². The van der Waals surface area contributed by atoms with Crippen molar-refractivity contribution in [3.05, 3.63) is 41.6 Å². The molecule has 5 heteroatoms. The summed E-state index contributed by atoms with van der Waals surface area (Å²) >= 11 is 0. The Morgan fingerprint density at radius 1 is 1.28 bits per heavy atom. The predicted octanol–water partition coefficient (Wildman–Crippen LogP) is 2.93. The molecule has 1 aromatic carbocycles. The molecule has 0 atom stereocenters. The average molecular weight is 251 g/mol. The smallest absolute Gasteiger partial charge is 0.151 e. The Morgan fingerprint density at radius 2 is 2.00 bits per heavy atom. The highest BCUT2D eigenvalue weighted by Crippen LogP contribution is 2.19. The number of nitrogens with two attached hydrogens (primary N) is 1. The van der Waals surface area contributed by atoms with Crippen molar-refractivity contribution in [2.75, 3.05) is 5.73 Å². The van der Waals surface area contributed by atoms with Crippen molar-refractivity contribution in [1.82, 2.24) is 9.78 Å². The van der Waals surface area contributed by atoms with Gasteiger partial charge in [0, 0.05) is 12.1 Å². The number of nitrogen functional groups attached to an aromatic ring is 1. The lowest BCUT2D eigenvalue weighted by Gasteiger charge is -2.05. The normalized spacial score (nSPS) is 11.2. The van der Waals surface area contributed by atoms with E-state index in [1.807, 2.05) is 0 Å². The van der Waals surface area contributed by atoms with Crippen molar-refractivity contribution >= 4 is 5.82 Å². The fourth-order valence-corrected chi connectivity index (χ4v) is 1.81. The van der Waals surface area contributed by atoms with Gasteiger partial charge in [-0.15, -0.1) is 0 Å². The van der Waals surface area contributed by atoms with E-state index in [2.05, 4.69) is 18.9 Å². The first-order valence-electron chi connectivity index (χ1n) is 5.77. The Labute approximate surface area is 104 Å². The number of aromatic nitrogens is 2. The molecule has 96 valence electrons. The molecule has 0 amide bonds. The van der Waals surface area contributed by atoms with E-state index in [1.54, 1.807) is 6.07 Å². The Balaban J connectivity index is 2.41. The Hall–Kier alpha value is -1.91. The molecule has 0 bridgehead atoms. The summed E-state index contributed by atoms with van der Waals surface area (Å²) in [7, 11) is 0. The summed E-state index contributed by atoms with van der Waals surface area (Å²) in [5, 5.41) is 4.24. The van der Waals surface area contributed by atoms with Gasteiger partial charge in [-0.1, -0.05) is 13.8 Å². The second-order valence-electron chi connectivity index (χ2n) is 4.67. The van der Waals surface area contributed by atoms with Crippen LogP contribution in [0.25, 0.3) is 5.69 Å². The van der Waals surface area contributed by atoms with E-state index < -0.39 is 11.6 Å². The average Bonchev–Trinajstić information content (AvgIpc) is 2.58. The fourth-order valence-electron chi connectivity index (χ4n) is 1.81. The number of hydrogen-bond acceptors (Lipinski definition) is 2. The fraction of sp³-hybridized carbons (Fsp3) is 0.308. The molecule has 0 radical (unpaired) electrons. The molecule has 0 aliphatic rings. The molecule has 0 aliphatic carbocycles. The standard InChI is InChI=1S/C13H15F2N3/c1-8(2)5-10-7-13(16)18(17-10)12-4-3-9(14)6-11(12)15/h3-4,6-8H,5,16H2,1-2H3. The first-order chi connectivity index (χ1) is 8.47. The van der Waals surface area contributed by atoms with E-state index in [0.29, 0.717) is 11.7 Å². The van der Waals surface area contributed by atoms with Gasteiger partial charge in [0.15, 0.2) is 5.82 Å². The van der Waals surface area contributed by atoms with E-state index in [-0.39, 0.29) is 5.69 Å². The Morgan fingerprint density at radius 3 is 2.61 bits per heavy atom. The van der Waals surface area contributed by atoms with Crippen molar-refractivity contribution in [1.29, 1.82) is 0 Å². The molecular weight excluding hydrogens is 236 g/mol. The van der Waals surface area contributed by atoms with Crippen LogP contribution in [0.3, 0.4) is 0 Å². The minimum Gasteiger partial charge on any atom is -0.384 e. The van der Waals surface area contributed by atoms with Gasteiger partial charge >= 0.3 is 0 Å². The second kappa shape index (κ2) is 4.76. The zero-order valence-electron chi connectivity index (χ0n) is 10.3. The van der Waals surface area contributed by atoms with Gasteiger partial charge in [-0.2, -0.15) is 5.10 Å². The monoisotopic (exact) mass is 251 g/mol.